The molecule has 2 rings (SSSR count). The lowest BCUT2D eigenvalue weighted by Crippen LogP contribution is -2.32. The first-order chi connectivity index (χ1) is 9.58. The lowest BCUT2D eigenvalue weighted by Gasteiger charge is -2.16. The minimum Gasteiger partial charge on any atom is -0.338 e. The number of carbonyl (C=O) groups excluding carboxylic acids is 2. The number of carbonyl (C=O) groups is 2. The molecule has 0 radical (unpaired) electrons. The molecule has 2 aromatic carbocycles. The first-order valence-electron chi connectivity index (χ1n) is 6.20. The second-order valence-electron chi connectivity index (χ2n) is 4.43. The van der Waals surface area contributed by atoms with Gasteiger partial charge in [-0.15, -0.1) is 0 Å². The molecule has 4 heteroatoms. The van der Waals surface area contributed by atoms with Crippen LogP contribution in [0, 0.1) is 0 Å². The van der Waals surface area contributed by atoms with Crippen molar-refractivity contribution in [2.75, 3.05) is 0 Å². The predicted molar refractivity (Wildman–Crippen MR) is 78.8 cm³/mol. The fraction of sp³-hybridized carbons (Fsp3) is 0.125. The van der Waals surface area contributed by atoms with Crippen molar-refractivity contribution in [1.29, 1.82) is 0 Å². The number of benzene rings is 2. The van der Waals surface area contributed by atoms with Gasteiger partial charge in [0.25, 0.3) is 5.91 Å². The number of nitrogens with one attached hydrogen (secondary N) is 1. The Kier molecular flexibility index (Phi) is 4.53. The Hall–Kier alpha value is -2.13. The summed E-state index contributed by atoms with van der Waals surface area (Å²) in [6.45, 7) is 1.46. The lowest BCUT2D eigenvalue weighted by atomic mass is 10.0. The summed E-state index contributed by atoms with van der Waals surface area (Å²) < 4.78 is 0. The molecule has 0 saturated heterocycles. The zero-order valence-corrected chi connectivity index (χ0v) is 11.7. The van der Waals surface area contributed by atoms with Gasteiger partial charge in [-0.1, -0.05) is 41.9 Å². The van der Waals surface area contributed by atoms with Crippen molar-refractivity contribution in [2.45, 2.75) is 13.0 Å². The van der Waals surface area contributed by atoms with E-state index in [1.807, 2.05) is 30.3 Å². The van der Waals surface area contributed by atoms with Crippen LogP contribution < -0.4 is 5.32 Å². The van der Waals surface area contributed by atoms with Crippen LogP contribution in [0.4, 0.5) is 0 Å². The first-order valence-corrected chi connectivity index (χ1v) is 6.57. The maximum Gasteiger partial charge on any atom is 0.252 e. The van der Waals surface area contributed by atoms with Gasteiger partial charge in [-0.05, 0) is 36.8 Å². The Morgan fingerprint density at radius 3 is 2.15 bits per heavy atom. The van der Waals surface area contributed by atoms with E-state index in [9.17, 15) is 9.59 Å². The van der Waals surface area contributed by atoms with Gasteiger partial charge in [0, 0.05) is 10.6 Å². The normalized spacial score (nSPS) is 11.7. The number of halogens is 1. The van der Waals surface area contributed by atoms with Crippen LogP contribution in [0.3, 0.4) is 0 Å². The number of hydrogen-bond donors (Lipinski definition) is 1. The van der Waals surface area contributed by atoms with Crippen molar-refractivity contribution in [3.8, 4) is 0 Å². The standard InChI is InChI=1S/C16H14ClNO2/c1-11(19)15(12-5-3-2-4-6-12)18-16(20)13-7-9-14(17)10-8-13/h2-10,15H,1H3,(H,18,20). The molecule has 0 heterocycles. The van der Waals surface area contributed by atoms with Crippen molar-refractivity contribution in [3.63, 3.8) is 0 Å². The number of Topliss-reactive ketones (excluding diaryl/α,β-unsaturated/α-hetero) is 1. The fourth-order valence-electron chi connectivity index (χ4n) is 1.88. The van der Waals surface area contributed by atoms with Crippen molar-refractivity contribution < 1.29 is 9.59 Å². The predicted octanol–water partition coefficient (Wildman–Crippen LogP) is 3.40. The maximum absolute atomic E-state index is 12.1. The topological polar surface area (TPSA) is 46.2 Å². The molecule has 0 aliphatic rings. The Morgan fingerprint density at radius 1 is 1.00 bits per heavy atom. The summed E-state index contributed by atoms with van der Waals surface area (Å²) in [5.41, 5.74) is 1.24. The largest absolute Gasteiger partial charge is 0.338 e. The van der Waals surface area contributed by atoms with Gasteiger partial charge in [-0.25, -0.2) is 0 Å². The second-order valence-corrected chi connectivity index (χ2v) is 4.87. The number of rotatable bonds is 4. The summed E-state index contributed by atoms with van der Waals surface area (Å²) in [5.74, 6) is -0.413. The van der Waals surface area contributed by atoms with Crippen LogP contribution in [0.25, 0.3) is 0 Å². The van der Waals surface area contributed by atoms with Gasteiger partial charge in [-0.2, -0.15) is 0 Å². The summed E-state index contributed by atoms with van der Waals surface area (Å²) in [6, 6.07) is 15.0. The molecule has 0 aliphatic carbocycles. The van der Waals surface area contributed by atoms with E-state index in [1.165, 1.54) is 6.92 Å². The highest BCUT2D eigenvalue weighted by Crippen LogP contribution is 2.15. The quantitative estimate of drug-likeness (QED) is 0.937. The van der Waals surface area contributed by atoms with Gasteiger partial charge in [-0.3, -0.25) is 9.59 Å². The first kappa shape index (κ1) is 14.3. The third kappa shape index (κ3) is 3.45. The summed E-state index contributed by atoms with van der Waals surface area (Å²) in [4.78, 5) is 23.9. The Labute approximate surface area is 122 Å². The molecule has 2 aromatic rings. The molecule has 0 aliphatic heterocycles. The second kappa shape index (κ2) is 6.35. The highest BCUT2D eigenvalue weighted by molar-refractivity contribution is 6.30. The average molecular weight is 288 g/mol. The van der Waals surface area contributed by atoms with Crippen molar-refractivity contribution in [2.24, 2.45) is 0 Å². The molecule has 1 atom stereocenters. The van der Waals surface area contributed by atoms with E-state index in [4.69, 9.17) is 11.6 Å². The van der Waals surface area contributed by atoms with E-state index in [0.717, 1.165) is 5.56 Å². The molecule has 3 nitrogen and oxygen atoms in total. The summed E-state index contributed by atoms with van der Waals surface area (Å²) in [5, 5.41) is 3.30. The van der Waals surface area contributed by atoms with Crippen molar-refractivity contribution in [1.82, 2.24) is 5.32 Å². The molecule has 0 bridgehead atoms. The molecular formula is C16H14ClNO2. The third-order valence-corrected chi connectivity index (χ3v) is 3.17. The maximum atomic E-state index is 12.1. The van der Waals surface area contributed by atoms with Gasteiger partial charge in [0.05, 0.1) is 0 Å². The van der Waals surface area contributed by atoms with E-state index in [-0.39, 0.29) is 11.7 Å². The van der Waals surface area contributed by atoms with Crippen molar-refractivity contribution >= 4 is 23.3 Å². The summed E-state index contributed by atoms with van der Waals surface area (Å²) in [6.07, 6.45) is 0. The van der Waals surface area contributed by atoms with E-state index in [0.29, 0.717) is 10.6 Å². The van der Waals surface area contributed by atoms with Gasteiger partial charge < -0.3 is 5.32 Å². The molecule has 102 valence electrons. The van der Waals surface area contributed by atoms with Crippen LogP contribution >= 0.6 is 11.6 Å². The summed E-state index contributed by atoms with van der Waals surface area (Å²) >= 11 is 5.78. The van der Waals surface area contributed by atoms with E-state index >= 15 is 0 Å². The van der Waals surface area contributed by atoms with Crippen LogP contribution in [-0.4, -0.2) is 11.7 Å². The molecule has 0 saturated carbocycles. The summed E-state index contributed by atoms with van der Waals surface area (Å²) in [7, 11) is 0. The smallest absolute Gasteiger partial charge is 0.252 e. The zero-order valence-electron chi connectivity index (χ0n) is 11.0. The van der Waals surface area contributed by atoms with E-state index in [2.05, 4.69) is 5.32 Å². The van der Waals surface area contributed by atoms with E-state index in [1.54, 1.807) is 24.3 Å². The molecule has 0 fully saturated rings. The minimum atomic E-state index is -0.639. The Bertz CT molecular complexity index is 608. The molecule has 1 amide bonds. The van der Waals surface area contributed by atoms with E-state index < -0.39 is 6.04 Å². The molecule has 1 unspecified atom stereocenters. The average Bonchev–Trinajstić information content (AvgIpc) is 2.46. The highest BCUT2D eigenvalue weighted by atomic mass is 35.5. The zero-order chi connectivity index (χ0) is 14.5. The number of ketones is 1. The van der Waals surface area contributed by atoms with Crippen LogP contribution in [0.1, 0.15) is 28.9 Å². The Balaban J connectivity index is 2.19. The van der Waals surface area contributed by atoms with Crippen LogP contribution in [-0.2, 0) is 4.79 Å². The highest BCUT2D eigenvalue weighted by Gasteiger charge is 2.19. The minimum absolute atomic E-state index is 0.112. The Morgan fingerprint density at radius 2 is 1.60 bits per heavy atom. The van der Waals surface area contributed by atoms with Crippen LogP contribution in [0.15, 0.2) is 54.6 Å². The van der Waals surface area contributed by atoms with Gasteiger partial charge in [0.1, 0.15) is 6.04 Å². The molecular weight excluding hydrogens is 274 g/mol. The molecule has 0 aromatic heterocycles. The van der Waals surface area contributed by atoms with Gasteiger partial charge in [0.15, 0.2) is 5.78 Å². The monoisotopic (exact) mass is 287 g/mol. The molecule has 20 heavy (non-hydrogen) atoms. The van der Waals surface area contributed by atoms with Gasteiger partial charge >= 0.3 is 0 Å². The van der Waals surface area contributed by atoms with Gasteiger partial charge in [0.2, 0.25) is 0 Å². The molecule has 0 spiro atoms. The SMILES string of the molecule is CC(=O)C(NC(=O)c1ccc(Cl)cc1)c1ccccc1. The van der Waals surface area contributed by atoms with Crippen molar-refractivity contribution in [3.05, 3.63) is 70.7 Å². The number of amides is 1. The number of hydrogen-bond acceptors (Lipinski definition) is 2. The lowest BCUT2D eigenvalue weighted by molar-refractivity contribution is -0.118. The fourth-order valence-corrected chi connectivity index (χ4v) is 2.01. The van der Waals surface area contributed by atoms with Crippen LogP contribution in [0.2, 0.25) is 5.02 Å². The third-order valence-electron chi connectivity index (χ3n) is 2.92. The van der Waals surface area contributed by atoms with Crippen LogP contribution in [0.5, 0.6) is 0 Å². The molecule has 1 N–H and O–H groups in total.